The Balaban J connectivity index is 0.000000408. The summed E-state index contributed by atoms with van der Waals surface area (Å²) in [4.78, 5) is 24.2. The van der Waals surface area contributed by atoms with Crippen LogP contribution in [0.3, 0.4) is 0 Å². The molecule has 0 aromatic heterocycles. The van der Waals surface area contributed by atoms with E-state index in [9.17, 15) is 9.59 Å². The Labute approximate surface area is 113 Å². The molecule has 0 heterocycles. The summed E-state index contributed by atoms with van der Waals surface area (Å²) in [5.41, 5.74) is 2.02. The Morgan fingerprint density at radius 3 is 1.05 bits per heavy atom. The first-order valence-corrected chi connectivity index (χ1v) is 6.48. The average molecular weight is 252 g/mol. The van der Waals surface area contributed by atoms with Crippen LogP contribution in [0.5, 0.6) is 0 Å². The molecule has 0 aliphatic heterocycles. The predicted molar refractivity (Wildman–Crippen MR) is 75.7 cm³/mol. The molecule has 0 atom stereocenters. The van der Waals surface area contributed by atoms with Gasteiger partial charge < -0.3 is 0 Å². The third-order valence-electron chi connectivity index (χ3n) is 2.83. The van der Waals surface area contributed by atoms with Crippen LogP contribution in [-0.2, 0) is 0 Å². The van der Waals surface area contributed by atoms with Gasteiger partial charge >= 0.3 is 0 Å². The molecule has 0 spiro atoms. The van der Waals surface area contributed by atoms with E-state index in [1.807, 2.05) is 0 Å². The van der Waals surface area contributed by atoms with Crippen LogP contribution in [0.2, 0.25) is 0 Å². The molecule has 19 heavy (non-hydrogen) atoms. The molecule has 3 rings (SSSR count). The van der Waals surface area contributed by atoms with Crippen molar-refractivity contribution in [3.05, 3.63) is 70.8 Å². The molecule has 0 N–H and O–H groups in total. The van der Waals surface area contributed by atoms with E-state index in [2.05, 4.69) is 13.8 Å². The van der Waals surface area contributed by atoms with Crippen molar-refractivity contribution in [2.75, 3.05) is 0 Å². The highest BCUT2D eigenvalue weighted by molar-refractivity contribution is 6.28. The number of hydrogen-bond donors (Lipinski definition) is 0. The fraction of sp³-hybridized carbons (Fsp3) is 0.176. The maximum absolute atomic E-state index is 12.1. The monoisotopic (exact) mass is 252 g/mol. The first-order valence-electron chi connectivity index (χ1n) is 6.48. The van der Waals surface area contributed by atoms with Crippen LogP contribution < -0.4 is 0 Å². The van der Waals surface area contributed by atoms with Crippen molar-refractivity contribution in [2.45, 2.75) is 20.3 Å². The quantitative estimate of drug-likeness (QED) is 0.608. The largest absolute Gasteiger partial charge is 0.289 e. The summed E-state index contributed by atoms with van der Waals surface area (Å²) in [6.07, 6.45) is 1.25. The van der Waals surface area contributed by atoms with Crippen LogP contribution in [0.4, 0.5) is 0 Å². The number of benzene rings is 2. The van der Waals surface area contributed by atoms with Crippen LogP contribution in [0.15, 0.2) is 48.5 Å². The maximum atomic E-state index is 12.1. The van der Waals surface area contributed by atoms with Gasteiger partial charge in [-0.1, -0.05) is 68.8 Å². The number of hydrogen-bond acceptors (Lipinski definition) is 2. The van der Waals surface area contributed by atoms with Gasteiger partial charge in [0.1, 0.15) is 0 Å². The second-order valence-corrected chi connectivity index (χ2v) is 4.46. The van der Waals surface area contributed by atoms with Crippen LogP contribution in [0, 0.1) is 0 Å². The molecule has 0 saturated heterocycles. The summed E-state index contributed by atoms with van der Waals surface area (Å²) < 4.78 is 0. The number of carbonyl (C=O) groups excluding carboxylic acids is 2. The fourth-order valence-corrected chi connectivity index (χ4v) is 2.05. The van der Waals surface area contributed by atoms with Crippen molar-refractivity contribution < 1.29 is 9.59 Å². The van der Waals surface area contributed by atoms with Gasteiger partial charge in [-0.25, -0.2) is 0 Å². The molecule has 0 fully saturated rings. The van der Waals surface area contributed by atoms with Crippen molar-refractivity contribution in [3.63, 3.8) is 0 Å². The molecular formula is C17H16O2. The average Bonchev–Trinajstić information content (AvgIpc) is 2.46. The Bertz CT molecular complexity index is 521. The lowest BCUT2D eigenvalue weighted by molar-refractivity contribution is 0.0979. The molecule has 2 aromatic rings. The zero-order valence-corrected chi connectivity index (χ0v) is 11.1. The molecule has 0 radical (unpaired) electrons. The third-order valence-corrected chi connectivity index (χ3v) is 2.83. The highest BCUT2D eigenvalue weighted by atomic mass is 16.1. The molecule has 0 bridgehead atoms. The summed E-state index contributed by atoms with van der Waals surface area (Å²) in [6.45, 7) is 4.25. The van der Waals surface area contributed by atoms with Crippen LogP contribution >= 0.6 is 0 Å². The molecule has 0 amide bonds. The van der Waals surface area contributed by atoms with Gasteiger partial charge in [0.15, 0.2) is 11.6 Å². The molecule has 0 saturated carbocycles. The molecule has 1 aliphatic carbocycles. The molecule has 2 aromatic carbocycles. The van der Waals surface area contributed by atoms with Gasteiger partial charge in [-0.3, -0.25) is 9.59 Å². The summed E-state index contributed by atoms with van der Waals surface area (Å²) in [5, 5.41) is 0. The van der Waals surface area contributed by atoms with E-state index in [4.69, 9.17) is 0 Å². The number of carbonyl (C=O) groups is 2. The van der Waals surface area contributed by atoms with Gasteiger partial charge in [0, 0.05) is 22.3 Å². The van der Waals surface area contributed by atoms with Crippen molar-refractivity contribution in [1.29, 1.82) is 0 Å². The number of rotatable bonds is 0. The molecule has 1 aliphatic rings. The zero-order chi connectivity index (χ0) is 13.8. The minimum absolute atomic E-state index is 0.0641. The second-order valence-electron chi connectivity index (χ2n) is 4.46. The highest BCUT2D eigenvalue weighted by Gasteiger charge is 2.28. The van der Waals surface area contributed by atoms with E-state index >= 15 is 0 Å². The number of fused-ring (bicyclic) bond motifs is 2. The van der Waals surface area contributed by atoms with Crippen molar-refractivity contribution >= 4 is 11.6 Å². The Morgan fingerprint density at radius 1 is 0.632 bits per heavy atom. The first-order chi connectivity index (χ1) is 9.20. The normalized spacial score (nSPS) is 12.1. The highest BCUT2D eigenvalue weighted by Crippen LogP contribution is 2.26. The molecule has 0 unspecified atom stereocenters. The smallest absolute Gasteiger partial charge is 0.194 e. The van der Waals surface area contributed by atoms with Crippen LogP contribution in [0.1, 0.15) is 52.1 Å². The van der Waals surface area contributed by atoms with E-state index in [0.717, 1.165) is 0 Å². The maximum Gasteiger partial charge on any atom is 0.194 e. The summed E-state index contributed by atoms with van der Waals surface area (Å²) >= 11 is 0. The van der Waals surface area contributed by atoms with Crippen molar-refractivity contribution in [3.8, 4) is 0 Å². The van der Waals surface area contributed by atoms with Crippen molar-refractivity contribution in [1.82, 2.24) is 0 Å². The van der Waals surface area contributed by atoms with Gasteiger partial charge in [0.25, 0.3) is 0 Å². The van der Waals surface area contributed by atoms with E-state index < -0.39 is 0 Å². The van der Waals surface area contributed by atoms with E-state index in [-0.39, 0.29) is 11.6 Å². The fourth-order valence-electron chi connectivity index (χ4n) is 2.05. The van der Waals surface area contributed by atoms with E-state index in [0.29, 0.717) is 22.3 Å². The van der Waals surface area contributed by atoms with E-state index in [1.165, 1.54) is 6.42 Å². The van der Waals surface area contributed by atoms with Gasteiger partial charge in [0.05, 0.1) is 0 Å². The standard InChI is InChI=1S/C14H8O2.C3H8/c15-13-9-5-1-2-6-10(9)14(16)12-8-4-3-7-11(12)13;1-3-2/h1-8H;3H2,1-2H3. The first kappa shape index (κ1) is 13.2. The Hall–Kier alpha value is -2.22. The van der Waals surface area contributed by atoms with E-state index in [1.54, 1.807) is 48.5 Å². The zero-order valence-electron chi connectivity index (χ0n) is 11.1. The van der Waals surface area contributed by atoms with Gasteiger partial charge in [-0.2, -0.15) is 0 Å². The van der Waals surface area contributed by atoms with Gasteiger partial charge in [-0.15, -0.1) is 0 Å². The SMILES string of the molecule is CCC.O=C1c2ccccc2C(=O)c2ccccc21. The third kappa shape index (κ3) is 2.34. The minimum Gasteiger partial charge on any atom is -0.289 e. The molecule has 2 nitrogen and oxygen atoms in total. The summed E-state index contributed by atoms with van der Waals surface area (Å²) in [7, 11) is 0. The number of ketones is 2. The van der Waals surface area contributed by atoms with Gasteiger partial charge in [-0.05, 0) is 0 Å². The lowest BCUT2D eigenvalue weighted by atomic mass is 9.84. The molecule has 2 heteroatoms. The lowest BCUT2D eigenvalue weighted by Crippen LogP contribution is -2.20. The van der Waals surface area contributed by atoms with Crippen molar-refractivity contribution in [2.24, 2.45) is 0 Å². The lowest BCUT2D eigenvalue weighted by Gasteiger charge is -2.16. The Kier molecular flexibility index (Phi) is 3.91. The topological polar surface area (TPSA) is 34.1 Å². The summed E-state index contributed by atoms with van der Waals surface area (Å²) in [6, 6.07) is 13.9. The van der Waals surface area contributed by atoms with Gasteiger partial charge in [0.2, 0.25) is 0 Å². The van der Waals surface area contributed by atoms with Crippen LogP contribution in [-0.4, -0.2) is 11.6 Å². The second kappa shape index (κ2) is 5.61. The Morgan fingerprint density at radius 2 is 0.842 bits per heavy atom. The predicted octanol–water partition coefficient (Wildman–Crippen LogP) is 3.88. The molecule has 96 valence electrons. The summed E-state index contributed by atoms with van der Waals surface area (Å²) in [5.74, 6) is -0.128. The van der Waals surface area contributed by atoms with Crippen LogP contribution in [0.25, 0.3) is 0 Å². The minimum atomic E-state index is -0.0641. The molecular weight excluding hydrogens is 236 g/mol.